The van der Waals surface area contributed by atoms with Crippen LogP contribution in [-0.4, -0.2) is 29.7 Å². The minimum absolute atomic E-state index is 0. The molecule has 0 saturated heterocycles. The van der Waals surface area contributed by atoms with Gasteiger partial charge >= 0.3 is 0 Å². The highest BCUT2D eigenvalue weighted by atomic mass is 16.4. The van der Waals surface area contributed by atoms with Crippen molar-refractivity contribution in [3.05, 3.63) is 73.2 Å². The van der Waals surface area contributed by atoms with Gasteiger partial charge in [0.15, 0.2) is 0 Å². The fraction of sp³-hybridized carbons (Fsp3) is 0.125. The predicted molar refractivity (Wildman–Crippen MR) is 82.5 cm³/mol. The molecule has 106 valence electrons. The summed E-state index contributed by atoms with van der Waals surface area (Å²) >= 11 is 0. The Labute approximate surface area is 119 Å². The van der Waals surface area contributed by atoms with Gasteiger partial charge in [0, 0.05) is 25.8 Å². The minimum Gasteiger partial charge on any atom is -0.412 e. The lowest BCUT2D eigenvalue weighted by Gasteiger charge is -1.90. The number of para-hydroxylation sites is 1. The maximum atomic E-state index is 4.25. The molecule has 0 saturated carbocycles. The predicted octanol–water partition coefficient (Wildman–Crippen LogP) is 2.75. The third-order valence-electron chi connectivity index (χ3n) is 2.08. The minimum atomic E-state index is 0. The van der Waals surface area contributed by atoms with E-state index < -0.39 is 0 Å². The fourth-order valence-electron chi connectivity index (χ4n) is 1.31. The van der Waals surface area contributed by atoms with Crippen molar-refractivity contribution in [3.63, 3.8) is 0 Å². The zero-order valence-corrected chi connectivity index (χ0v) is 11.7. The Morgan fingerprint density at radius 1 is 0.800 bits per heavy atom. The van der Waals surface area contributed by atoms with Gasteiger partial charge in [0.25, 0.3) is 0 Å². The van der Waals surface area contributed by atoms with Crippen LogP contribution in [0.5, 0.6) is 0 Å². The largest absolute Gasteiger partial charge is 0.412 e. The van der Waals surface area contributed by atoms with Crippen LogP contribution in [0.1, 0.15) is 0 Å². The second-order valence-corrected chi connectivity index (χ2v) is 3.64. The fourth-order valence-corrected chi connectivity index (χ4v) is 1.31. The molecule has 0 fully saturated rings. The number of benzene rings is 2. The van der Waals surface area contributed by atoms with E-state index in [4.69, 9.17) is 0 Å². The Balaban J connectivity index is 0.000000313. The van der Waals surface area contributed by atoms with Crippen molar-refractivity contribution < 1.29 is 10.2 Å². The van der Waals surface area contributed by atoms with Crippen molar-refractivity contribution >= 4 is 10.9 Å². The quantitative estimate of drug-likeness (QED) is 0.632. The Bertz CT molecular complexity index is 467. The summed E-state index contributed by atoms with van der Waals surface area (Å²) in [5, 5.41) is 1.09. The summed E-state index contributed by atoms with van der Waals surface area (Å²) in [5.41, 5.74) is 0.998. The number of nitrogens with zero attached hydrogens (tertiary/aromatic N) is 2. The normalized spacial score (nSPS) is 8.30. The number of hydrogen-bond donors (Lipinski definition) is 0. The molecule has 3 aromatic rings. The molecule has 0 radical (unpaired) electrons. The standard InChI is InChI=1S/C8H6N2.C6H6.C2H6O.H2O/c1-2-4-8-7(3-1)5-9-6-10-8;1-2-4-6-5-3-1;1-3-2;/h1-6H;1-6H;1-2H3;1H2. The summed E-state index contributed by atoms with van der Waals surface area (Å²) in [6.45, 7) is 0. The summed E-state index contributed by atoms with van der Waals surface area (Å²) in [6, 6.07) is 19.9. The molecule has 0 amide bonds. The van der Waals surface area contributed by atoms with Gasteiger partial charge in [0.05, 0.1) is 5.52 Å². The highest BCUT2D eigenvalue weighted by molar-refractivity contribution is 5.76. The summed E-state index contributed by atoms with van der Waals surface area (Å²) in [5.74, 6) is 0. The molecule has 0 aliphatic rings. The van der Waals surface area contributed by atoms with Gasteiger partial charge in [0.1, 0.15) is 6.33 Å². The van der Waals surface area contributed by atoms with Crippen LogP contribution in [0.2, 0.25) is 0 Å². The van der Waals surface area contributed by atoms with Gasteiger partial charge in [-0.25, -0.2) is 9.97 Å². The number of fused-ring (bicyclic) bond motifs is 1. The van der Waals surface area contributed by atoms with Crippen molar-refractivity contribution in [3.8, 4) is 0 Å². The Morgan fingerprint density at radius 2 is 1.30 bits per heavy atom. The number of hydrogen-bond acceptors (Lipinski definition) is 3. The van der Waals surface area contributed by atoms with E-state index >= 15 is 0 Å². The first kappa shape index (κ1) is 17.7. The first-order valence-electron chi connectivity index (χ1n) is 5.93. The second kappa shape index (κ2) is 11.8. The molecule has 0 bridgehead atoms. The van der Waals surface area contributed by atoms with Crippen LogP contribution in [0, 0.1) is 0 Å². The van der Waals surface area contributed by atoms with E-state index in [0.29, 0.717) is 0 Å². The van der Waals surface area contributed by atoms with Gasteiger partial charge in [-0.1, -0.05) is 54.6 Å². The van der Waals surface area contributed by atoms with E-state index in [1.165, 1.54) is 0 Å². The van der Waals surface area contributed by atoms with E-state index in [9.17, 15) is 0 Å². The summed E-state index contributed by atoms with van der Waals surface area (Å²) < 4.78 is 4.25. The SMILES string of the molecule is COC.O.c1ccc2ncncc2c1.c1ccccc1. The van der Waals surface area contributed by atoms with Gasteiger partial charge in [-0.3, -0.25) is 0 Å². The molecule has 1 aromatic heterocycles. The Hall–Kier alpha value is -2.30. The van der Waals surface area contributed by atoms with Gasteiger partial charge in [-0.05, 0) is 6.07 Å². The third-order valence-corrected chi connectivity index (χ3v) is 2.08. The molecule has 0 atom stereocenters. The number of methoxy groups -OCH3 is 1. The molecule has 1 heterocycles. The maximum absolute atomic E-state index is 4.25. The highest BCUT2D eigenvalue weighted by Gasteiger charge is 1.87. The van der Waals surface area contributed by atoms with E-state index in [1.54, 1.807) is 20.5 Å². The molecule has 0 aliphatic carbocycles. The van der Waals surface area contributed by atoms with Gasteiger partial charge in [0.2, 0.25) is 0 Å². The van der Waals surface area contributed by atoms with Crippen molar-refractivity contribution in [2.45, 2.75) is 0 Å². The van der Waals surface area contributed by atoms with Crippen LogP contribution < -0.4 is 0 Å². The van der Waals surface area contributed by atoms with E-state index in [0.717, 1.165) is 10.9 Å². The highest BCUT2D eigenvalue weighted by Crippen LogP contribution is 2.06. The topological polar surface area (TPSA) is 66.5 Å². The zero-order chi connectivity index (χ0) is 13.8. The molecule has 4 nitrogen and oxygen atoms in total. The zero-order valence-electron chi connectivity index (χ0n) is 11.7. The van der Waals surface area contributed by atoms with Crippen molar-refractivity contribution in [1.29, 1.82) is 0 Å². The second-order valence-electron chi connectivity index (χ2n) is 3.64. The maximum Gasteiger partial charge on any atom is 0.116 e. The molecule has 0 aliphatic heterocycles. The lowest BCUT2D eigenvalue weighted by molar-refractivity contribution is 0.277. The molecule has 0 unspecified atom stereocenters. The summed E-state index contributed by atoms with van der Waals surface area (Å²) in [4.78, 5) is 7.97. The van der Waals surface area contributed by atoms with Gasteiger partial charge in [-0.15, -0.1) is 0 Å². The lowest BCUT2D eigenvalue weighted by Crippen LogP contribution is -1.77. The molecule has 2 N–H and O–H groups in total. The average Bonchev–Trinajstić information content (AvgIpc) is 2.51. The van der Waals surface area contributed by atoms with Crippen LogP contribution in [0.25, 0.3) is 10.9 Å². The number of aromatic nitrogens is 2. The van der Waals surface area contributed by atoms with E-state index in [1.807, 2.05) is 66.9 Å². The van der Waals surface area contributed by atoms with Crippen LogP contribution in [-0.2, 0) is 4.74 Å². The lowest BCUT2D eigenvalue weighted by atomic mass is 10.2. The summed E-state index contributed by atoms with van der Waals surface area (Å²) in [7, 11) is 3.25. The van der Waals surface area contributed by atoms with E-state index in [-0.39, 0.29) is 5.48 Å². The van der Waals surface area contributed by atoms with Crippen LogP contribution in [0.4, 0.5) is 0 Å². The van der Waals surface area contributed by atoms with Crippen molar-refractivity contribution in [2.75, 3.05) is 14.2 Å². The number of rotatable bonds is 0. The van der Waals surface area contributed by atoms with Crippen LogP contribution in [0.15, 0.2) is 73.2 Å². The first-order chi connectivity index (χ1) is 9.38. The monoisotopic (exact) mass is 272 g/mol. The first-order valence-corrected chi connectivity index (χ1v) is 5.93. The molecule has 4 heteroatoms. The molecule has 0 spiro atoms. The molecule has 20 heavy (non-hydrogen) atoms. The molecule has 2 aromatic carbocycles. The van der Waals surface area contributed by atoms with Crippen LogP contribution >= 0.6 is 0 Å². The van der Waals surface area contributed by atoms with Gasteiger partial charge in [-0.2, -0.15) is 0 Å². The molecular weight excluding hydrogens is 252 g/mol. The van der Waals surface area contributed by atoms with Crippen LogP contribution in [0.3, 0.4) is 0 Å². The Kier molecular flexibility index (Phi) is 10.4. The Morgan fingerprint density at radius 3 is 1.80 bits per heavy atom. The number of ether oxygens (including phenoxy) is 1. The van der Waals surface area contributed by atoms with Gasteiger partial charge < -0.3 is 10.2 Å². The average molecular weight is 272 g/mol. The molecule has 3 rings (SSSR count). The van der Waals surface area contributed by atoms with Crippen molar-refractivity contribution in [2.24, 2.45) is 0 Å². The third kappa shape index (κ3) is 7.20. The molecular formula is C16H20N2O2. The van der Waals surface area contributed by atoms with Crippen molar-refractivity contribution in [1.82, 2.24) is 9.97 Å². The smallest absolute Gasteiger partial charge is 0.116 e. The summed E-state index contributed by atoms with van der Waals surface area (Å²) in [6.07, 6.45) is 3.37. The van der Waals surface area contributed by atoms with E-state index in [2.05, 4.69) is 14.7 Å².